The van der Waals surface area contributed by atoms with Crippen LogP contribution < -0.4 is 0 Å². The molecule has 3 aromatic heterocycles. The molecule has 0 amide bonds. The molecule has 0 aliphatic heterocycles. The molecule has 0 radical (unpaired) electrons. The van der Waals surface area contributed by atoms with Crippen LogP contribution in [0.2, 0.25) is 0 Å². The van der Waals surface area contributed by atoms with Crippen LogP contribution >= 0.6 is 22.6 Å². The largest absolute Gasteiger partial charge is 0.345 e. The molecule has 16 heavy (non-hydrogen) atoms. The minimum atomic E-state index is 0.907. The topological polar surface area (TPSA) is 54.5 Å². The molecular formula is C11H7IN4. The molecule has 0 fully saturated rings. The fourth-order valence-electron chi connectivity index (χ4n) is 1.58. The zero-order chi connectivity index (χ0) is 11.0. The summed E-state index contributed by atoms with van der Waals surface area (Å²) in [5, 5.41) is 1.13. The van der Waals surface area contributed by atoms with Crippen molar-refractivity contribution < 1.29 is 0 Å². The van der Waals surface area contributed by atoms with E-state index in [9.17, 15) is 0 Å². The molecule has 3 heterocycles. The molecule has 0 unspecified atom stereocenters. The second-order valence-electron chi connectivity index (χ2n) is 3.38. The Morgan fingerprint density at radius 1 is 1.06 bits per heavy atom. The molecule has 3 aromatic rings. The van der Waals surface area contributed by atoms with Gasteiger partial charge in [0.25, 0.3) is 0 Å². The first-order chi connectivity index (χ1) is 7.84. The van der Waals surface area contributed by atoms with Crippen LogP contribution in [0.3, 0.4) is 0 Å². The van der Waals surface area contributed by atoms with Gasteiger partial charge in [-0.25, -0.2) is 15.0 Å². The maximum Gasteiger partial charge on any atom is 0.138 e. The van der Waals surface area contributed by atoms with Gasteiger partial charge in [-0.15, -0.1) is 0 Å². The summed E-state index contributed by atoms with van der Waals surface area (Å²) in [6.07, 6.45) is 8.87. The van der Waals surface area contributed by atoms with Crippen LogP contribution in [0.25, 0.3) is 22.2 Å². The normalized spacial score (nSPS) is 10.8. The van der Waals surface area contributed by atoms with Gasteiger partial charge in [-0.05, 0) is 28.7 Å². The van der Waals surface area contributed by atoms with Crippen LogP contribution in [0.1, 0.15) is 0 Å². The van der Waals surface area contributed by atoms with Crippen molar-refractivity contribution in [1.82, 2.24) is 19.9 Å². The fourth-order valence-corrected chi connectivity index (χ4v) is 2.14. The number of aromatic nitrogens is 4. The molecule has 0 atom stereocenters. The summed E-state index contributed by atoms with van der Waals surface area (Å²) in [7, 11) is 0. The van der Waals surface area contributed by atoms with Crippen molar-refractivity contribution in [3.8, 4) is 11.1 Å². The van der Waals surface area contributed by atoms with Crippen LogP contribution in [0.4, 0.5) is 0 Å². The Hall–Kier alpha value is -1.50. The average molecular weight is 322 g/mol. The lowest BCUT2D eigenvalue weighted by Crippen LogP contribution is -1.84. The van der Waals surface area contributed by atoms with Crippen LogP contribution in [0.5, 0.6) is 0 Å². The molecule has 0 aliphatic carbocycles. The van der Waals surface area contributed by atoms with Crippen molar-refractivity contribution in [3.63, 3.8) is 0 Å². The zero-order valence-corrected chi connectivity index (χ0v) is 10.3. The van der Waals surface area contributed by atoms with E-state index >= 15 is 0 Å². The average Bonchev–Trinajstić information content (AvgIpc) is 2.72. The van der Waals surface area contributed by atoms with Gasteiger partial charge in [-0.3, -0.25) is 0 Å². The van der Waals surface area contributed by atoms with Gasteiger partial charge < -0.3 is 4.98 Å². The van der Waals surface area contributed by atoms with E-state index in [0.717, 1.165) is 22.2 Å². The highest BCUT2D eigenvalue weighted by Gasteiger charge is 2.05. The molecule has 78 valence electrons. The molecule has 5 heteroatoms. The van der Waals surface area contributed by atoms with Crippen molar-refractivity contribution in [1.29, 1.82) is 0 Å². The van der Waals surface area contributed by atoms with E-state index in [1.54, 1.807) is 12.4 Å². The van der Waals surface area contributed by atoms with Crippen molar-refractivity contribution in [2.45, 2.75) is 0 Å². The molecule has 1 N–H and O–H groups in total. The third kappa shape index (κ3) is 1.57. The Morgan fingerprint density at radius 2 is 1.88 bits per heavy atom. The molecule has 0 saturated heterocycles. The third-order valence-electron chi connectivity index (χ3n) is 2.37. The highest BCUT2D eigenvalue weighted by atomic mass is 127. The summed E-state index contributed by atoms with van der Waals surface area (Å²) >= 11 is 2.29. The van der Waals surface area contributed by atoms with Gasteiger partial charge >= 0.3 is 0 Å². The second kappa shape index (κ2) is 3.82. The lowest BCUT2D eigenvalue weighted by atomic mass is 10.1. The van der Waals surface area contributed by atoms with E-state index in [1.807, 2.05) is 12.4 Å². The lowest BCUT2D eigenvalue weighted by Gasteiger charge is -1.99. The van der Waals surface area contributed by atoms with Gasteiger partial charge in [0.15, 0.2) is 0 Å². The maximum absolute atomic E-state index is 4.36. The van der Waals surface area contributed by atoms with Gasteiger partial charge in [-0.1, -0.05) is 0 Å². The van der Waals surface area contributed by atoms with Gasteiger partial charge in [0.2, 0.25) is 0 Å². The molecule has 0 aliphatic rings. The quantitative estimate of drug-likeness (QED) is 0.701. The zero-order valence-electron chi connectivity index (χ0n) is 8.18. The van der Waals surface area contributed by atoms with Crippen LogP contribution in [0, 0.1) is 3.57 Å². The number of rotatable bonds is 1. The second-order valence-corrected chi connectivity index (χ2v) is 4.55. The third-order valence-corrected chi connectivity index (χ3v) is 3.27. The maximum atomic E-state index is 4.36. The molecule has 3 rings (SSSR count). The number of hydrogen-bond acceptors (Lipinski definition) is 3. The Balaban J connectivity index is 2.22. The Kier molecular flexibility index (Phi) is 2.32. The number of pyridine rings is 1. The van der Waals surface area contributed by atoms with Gasteiger partial charge in [0.05, 0.1) is 0 Å². The summed E-state index contributed by atoms with van der Waals surface area (Å²) < 4.78 is 1.17. The highest BCUT2D eigenvalue weighted by molar-refractivity contribution is 14.1. The first-order valence-corrected chi connectivity index (χ1v) is 5.80. The van der Waals surface area contributed by atoms with Crippen molar-refractivity contribution in [3.05, 3.63) is 40.8 Å². The first kappa shape index (κ1) is 9.71. The molecule has 0 aromatic carbocycles. The number of hydrogen-bond donors (Lipinski definition) is 1. The standard InChI is InChI=1S/C11H7IN4/c12-10-5-16-11-9(10)1-7(4-15-11)8-2-13-6-14-3-8/h1-6H,(H,15,16). The SMILES string of the molecule is Ic1c[nH]c2ncc(-c3cncnc3)cc12. The van der Waals surface area contributed by atoms with Crippen molar-refractivity contribution in [2.75, 3.05) is 0 Å². The number of fused-ring (bicyclic) bond motifs is 1. The first-order valence-electron chi connectivity index (χ1n) is 4.72. The van der Waals surface area contributed by atoms with E-state index in [0.29, 0.717) is 0 Å². The number of nitrogens with zero attached hydrogens (tertiary/aromatic N) is 3. The Labute approximate surface area is 105 Å². The summed E-state index contributed by atoms with van der Waals surface area (Å²) in [5.41, 5.74) is 2.92. The predicted octanol–water partition coefficient (Wildman–Crippen LogP) is 2.62. The van der Waals surface area contributed by atoms with Gasteiger partial charge in [0.1, 0.15) is 12.0 Å². The van der Waals surface area contributed by atoms with E-state index in [1.165, 1.54) is 9.90 Å². The number of H-pyrrole nitrogens is 1. The summed E-state index contributed by atoms with van der Waals surface area (Å²) in [6.45, 7) is 0. The number of halogens is 1. The number of nitrogens with one attached hydrogen (secondary N) is 1. The fraction of sp³-hybridized carbons (Fsp3) is 0. The Bertz CT molecular complexity index is 633. The predicted molar refractivity (Wildman–Crippen MR) is 69.8 cm³/mol. The Morgan fingerprint density at radius 3 is 2.69 bits per heavy atom. The van der Waals surface area contributed by atoms with E-state index in [-0.39, 0.29) is 0 Å². The molecule has 0 spiro atoms. The van der Waals surface area contributed by atoms with Crippen molar-refractivity contribution in [2.24, 2.45) is 0 Å². The number of aromatic amines is 1. The van der Waals surface area contributed by atoms with Crippen molar-refractivity contribution >= 4 is 33.6 Å². The van der Waals surface area contributed by atoms with Gasteiger partial charge in [-0.2, -0.15) is 0 Å². The lowest BCUT2D eigenvalue weighted by molar-refractivity contribution is 1.17. The van der Waals surface area contributed by atoms with E-state index < -0.39 is 0 Å². The molecule has 0 bridgehead atoms. The monoisotopic (exact) mass is 322 g/mol. The molecule has 4 nitrogen and oxygen atoms in total. The van der Waals surface area contributed by atoms with E-state index in [4.69, 9.17) is 0 Å². The minimum absolute atomic E-state index is 0.907. The minimum Gasteiger partial charge on any atom is -0.345 e. The summed E-state index contributed by atoms with van der Waals surface area (Å²) in [4.78, 5) is 15.5. The van der Waals surface area contributed by atoms with Gasteiger partial charge in [0, 0.05) is 44.9 Å². The smallest absolute Gasteiger partial charge is 0.138 e. The van der Waals surface area contributed by atoms with Crippen LogP contribution in [-0.2, 0) is 0 Å². The highest BCUT2D eigenvalue weighted by Crippen LogP contribution is 2.24. The van der Waals surface area contributed by atoms with Crippen LogP contribution in [-0.4, -0.2) is 19.9 Å². The summed E-state index contributed by atoms with van der Waals surface area (Å²) in [6, 6.07) is 2.10. The summed E-state index contributed by atoms with van der Waals surface area (Å²) in [5.74, 6) is 0. The van der Waals surface area contributed by atoms with Crippen LogP contribution in [0.15, 0.2) is 37.2 Å². The van der Waals surface area contributed by atoms with E-state index in [2.05, 4.69) is 48.6 Å². The molecule has 0 saturated carbocycles. The molecular weight excluding hydrogens is 315 g/mol.